The maximum absolute atomic E-state index is 12.2. The molecule has 1 saturated carbocycles. The Labute approximate surface area is 96.5 Å². The van der Waals surface area contributed by atoms with E-state index in [1.165, 1.54) is 0 Å². The Bertz CT molecular complexity index is 397. The highest BCUT2D eigenvalue weighted by atomic mass is 32.2. The largest absolute Gasteiger partial charge is 0.511 e. The van der Waals surface area contributed by atoms with Crippen molar-refractivity contribution in [3.05, 3.63) is 0 Å². The van der Waals surface area contributed by atoms with Gasteiger partial charge in [0, 0.05) is 18.6 Å². The fraction of sp³-hybridized carbons (Fsp3) is 1.00. The number of fused-ring (bicyclic) bond motifs is 1. The van der Waals surface area contributed by atoms with Gasteiger partial charge in [-0.3, -0.25) is 0 Å². The first-order valence-corrected chi connectivity index (χ1v) is 6.68. The van der Waals surface area contributed by atoms with Gasteiger partial charge < -0.3 is 10.5 Å². The van der Waals surface area contributed by atoms with Crippen molar-refractivity contribution in [2.45, 2.75) is 36.5 Å². The summed E-state index contributed by atoms with van der Waals surface area (Å²) >= 11 is 0. The van der Waals surface area contributed by atoms with Crippen LogP contribution in [0, 0.1) is 5.92 Å². The molecular formula is C8H13F3N2O3S. The number of nitrogens with one attached hydrogen (secondary N) is 1. The highest BCUT2D eigenvalue weighted by molar-refractivity contribution is 7.90. The monoisotopic (exact) mass is 274 g/mol. The van der Waals surface area contributed by atoms with Crippen molar-refractivity contribution in [2.24, 2.45) is 11.7 Å². The summed E-state index contributed by atoms with van der Waals surface area (Å²) in [5.74, 6) is -0.0512. The van der Waals surface area contributed by atoms with Crippen LogP contribution in [0.1, 0.15) is 12.8 Å². The van der Waals surface area contributed by atoms with E-state index in [2.05, 4.69) is 0 Å². The van der Waals surface area contributed by atoms with E-state index in [9.17, 15) is 21.6 Å². The molecule has 0 radical (unpaired) electrons. The van der Waals surface area contributed by atoms with E-state index in [-0.39, 0.29) is 5.92 Å². The average molecular weight is 274 g/mol. The Hall–Kier alpha value is -0.380. The molecule has 2 fully saturated rings. The molecule has 0 spiro atoms. The molecule has 1 saturated heterocycles. The van der Waals surface area contributed by atoms with Crippen LogP contribution in [-0.4, -0.2) is 38.7 Å². The lowest BCUT2D eigenvalue weighted by atomic mass is 9.69. The van der Waals surface area contributed by atoms with Crippen LogP contribution in [0.2, 0.25) is 0 Å². The summed E-state index contributed by atoms with van der Waals surface area (Å²) in [5.41, 5.74) is 0.341. The van der Waals surface area contributed by atoms with Crippen LogP contribution in [-0.2, 0) is 14.8 Å². The van der Waals surface area contributed by atoms with Crippen LogP contribution in [0.5, 0.6) is 0 Å². The number of hydrogen-bond donors (Lipinski definition) is 2. The average Bonchev–Trinajstić information content (AvgIpc) is 2.24. The van der Waals surface area contributed by atoms with Gasteiger partial charge in [-0.15, -0.1) is 0 Å². The molecule has 0 aromatic rings. The third-order valence-electron chi connectivity index (χ3n) is 3.27. The summed E-state index contributed by atoms with van der Waals surface area (Å²) in [7, 11) is -5.35. The van der Waals surface area contributed by atoms with E-state index in [0.29, 0.717) is 6.61 Å². The number of rotatable bonds is 2. The predicted octanol–water partition coefficient (Wildman–Crippen LogP) is -0.0697. The second-order valence-corrected chi connectivity index (χ2v) is 6.02. The molecule has 9 heteroatoms. The minimum atomic E-state index is -5.35. The molecule has 3 N–H and O–H groups in total. The van der Waals surface area contributed by atoms with Crippen LogP contribution < -0.4 is 10.5 Å². The summed E-state index contributed by atoms with van der Waals surface area (Å²) in [6.07, 6.45) is 1.03. The minimum Gasteiger partial charge on any atom is -0.376 e. The lowest BCUT2D eigenvalue weighted by molar-refractivity contribution is -0.116. The lowest BCUT2D eigenvalue weighted by Gasteiger charge is -2.52. The summed E-state index contributed by atoms with van der Waals surface area (Å²) in [4.78, 5) is 0. The van der Waals surface area contributed by atoms with Crippen molar-refractivity contribution >= 4 is 10.0 Å². The van der Waals surface area contributed by atoms with Crippen molar-refractivity contribution in [1.82, 2.24) is 4.72 Å². The number of hydrogen-bond acceptors (Lipinski definition) is 4. The molecular weight excluding hydrogens is 261 g/mol. The number of nitrogens with two attached hydrogens (primary N) is 1. The zero-order chi connectivity index (χ0) is 12.8. The SMILES string of the molecule is NC1C2CCCOC2C1NS(=O)(=O)C(F)(F)F. The summed E-state index contributed by atoms with van der Waals surface area (Å²) < 4.78 is 65.2. The Morgan fingerprint density at radius 3 is 2.59 bits per heavy atom. The predicted molar refractivity (Wildman–Crippen MR) is 52.3 cm³/mol. The Balaban J connectivity index is 2.06. The van der Waals surface area contributed by atoms with Gasteiger partial charge in [0.15, 0.2) is 0 Å². The normalized spacial score (nSPS) is 38.4. The molecule has 1 aliphatic heterocycles. The maximum atomic E-state index is 12.2. The number of sulfonamides is 1. The van der Waals surface area contributed by atoms with Gasteiger partial charge in [-0.25, -0.2) is 13.1 Å². The molecule has 0 amide bonds. The quantitative estimate of drug-likeness (QED) is 0.738. The van der Waals surface area contributed by atoms with Crippen LogP contribution in [0.3, 0.4) is 0 Å². The molecule has 4 atom stereocenters. The molecule has 0 aromatic carbocycles. The first-order chi connectivity index (χ1) is 7.74. The topological polar surface area (TPSA) is 81.4 Å². The zero-order valence-corrected chi connectivity index (χ0v) is 9.59. The second-order valence-electron chi connectivity index (χ2n) is 4.31. The summed E-state index contributed by atoms with van der Waals surface area (Å²) in [6, 6.07) is -1.59. The third kappa shape index (κ3) is 2.16. The van der Waals surface area contributed by atoms with Crippen molar-refractivity contribution in [2.75, 3.05) is 6.61 Å². The van der Waals surface area contributed by atoms with Crippen LogP contribution in [0.25, 0.3) is 0 Å². The van der Waals surface area contributed by atoms with Gasteiger partial charge in [-0.1, -0.05) is 0 Å². The molecule has 1 aliphatic carbocycles. The summed E-state index contributed by atoms with van der Waals surface area (Å²) in [6.45, 7) is 0.429. The van der Waals surface area contributed by atoms with Crippen LogP contribution in [0.4, 0.5) is 13.2 Å². The minimum absolute atomic E-state index is 0.0512. The van der Waals surface area contributed by atoms with Gasteiger partial charge in [0.05, 0.1) is 12.1 Å². The van der Waals surface area contributed by atoms with Crippen molar-refractivity contribution in [3.8, 4) is 0 Å². The zero-order valence-electron chi connectivity index (χ0n) is 8.77. The molecule has 2 aliphatic rings. The Morgan fingerprint density at radius 1 is 1.35 bits per heavy atom. The number of ether oxygens (including phenoxy) is 1. The van der Waals surface area contributed by atoms with Gasteiger partial charge in [0.1, 0.15) is 0 Å². The number of halogens is 3. The van der Waals surface area contributed by atoms with Crippen molar-refractivity contribution < 1.29 is 26.3 Å². The molecule has 17 heavy (non-hydrogen) atoms. The van der Waals surface area contributed by atoms with Gasteiger partial charge in [0.25, 0.3) is 0 Å². The highest BCUT2D eigenvalue weighted by Gasteiger charge is 2.56. The summed E-state index contributed by atoms with van der Waals surface area (Å²) in [5, 5.41) is 0. The Kier molecular flexibility index (Phi) is 3.13. The second kappa shape index (κ2) is 4.08. The number of alkyl halides is 3. The first kappa shape index (κ1) is 13.1. The molecule has 0 bridgehead atoms. The standard InChI is InChI=1S/C8H13F3N2O3S/c9-8(10,11)17(14,15)13-6-5(12)4-2-1-3-16-7(4)6/h4-7,13H,1-3,12H2. The van der Waals surface area contributed by atoms with E-state index >= 15 is 0 Å². The lowest BCUT2D eigenvalue weighted by Crippen LogP contribution is -2.72. The Morgan fingerprint density at radius 2 is 2.00 bits per heavy atom. The molecule has 1 heterocycles. The smallest absolute Gasteiger partial charge is 0.376 e. The molecule has 5 nitrogen and oxygen atoms in total. The van der Waals surface area contributed by atoms with Crippen molar-refractivity contribution in [3.63, 3.8) is 0 Å². The van der Waals surface area contributed by atoms with E-state index in [1.807, 2.05) is 0 Å². The van der Waals surface area contributed by atoms with Gasteiger partial charge in [0.2, 0.25) is 0 Å². The fourth-order valence-electron chi connectivity index (χ4n) is 2.34. The van der Waals surface area contributed by atoms with Gasteiger partial charge in [-0.05, 0) is 12.8 Å². The van der Waals surface area contributed by atoms with E-state index in [4.69, 9.17) is 10.5 Å². The molecule has 2 rings (SSSR count). The highest BCUT2D eigenvalue weighted by Crippen LogP contribution is 2.38. The van der Waals surface area contributed by atoms with Gasteiger partial charge in [-0.2, -0.15) is 13.2 Å². The van der Waals surface area contributed by atoms with E-state index in [0.717, 1.165) is 12.8 Å². The van der Waals surface area contributed by atoms with Crippen LogP contribution >= 0.6 is 0 Å². The van der Waals surface area contributed by atoms with Gasteiger partial charge >= 0.3 is 15.5 Å². The van der Waals surface area contributed by atoms with Crippen molar-refractivity contribution in [1.29, 1.82) is 0 Å². The van der Waals surface area contributed by atoms with E-state index < -0.39 is 33.7 Å². The molecule has 0 aromatic heterocycles. The first-order valence-electron chi connectivity index (χ1n) is 5.20. The fourth-order valence-corrected chi connectivity index (χ4v) is 3.12. The van der Waals surface area contributed by atoms with Crippen LogP contribution in [0.15, 0.2) is 0 Å². The van der Waals surface area contributed by atoms with E-state index in [1.54, 1.807) is 4.72 Å². The maximum Gasteiger partial charge on any atom is 0.511 e. The molecule has 4 unspecified atom stereocenters. The molecule has 100 valence electrons. The third-order valence-corrected chi connectivity index (χ3v) is 4.46.